The molecular weight excluding hydrogens is 244 g/mol. The Morgan fingerprint density at radius 1 is 0.750 bits per heavy atom. The molecule has 0 saturated carbocycles. The quantitative estimate of drug-likeness (QED) is 0.729. The first-order chi connectivity index (χ1) is 9.16. The van der Waals surface area contributed by atoms with Crippen molar-refractivity contribution in [1.82, 2.24) is 9.80 Å². The average molecular weight is 278 g/mol. The minimum Gasteiger partial charge on any atom is -0.301 e. The van der Waals surface area contributed by atoms with E-state index in [2.05, 4.69) is 63.2 Å². The van der Waals surface area contributed by atoms with Crippen molar-refractivity contribution in [2.75, 3.05) is 39.3 Å². The lowest BCUT2D eigenvalue weighted by Crippen LogP contribution is -2.47. The summed E-state index contributed by atoms with van der Waals surface area (Å²) in [5.74, 6) is 6.66. The largest absolute Gasteiger partial charge is 0.301 e. The van der Waals surface area contributed by atoms with Crippen molar-refractivity contribution >= 4 is 0 Å². The van der Waals surface area contributed by atoms with E-state index < -0.39 is 0 Å². The maximum atomic E-state index is 3.34. The van der Waals surface area contributed by atoms with Gasteiger partial charge in [-0.05, 0) is 23.8 Å². The van der Waals surface area contributed by atoms with E-state index in [0.29, 0.717) is 10.8 Å². The molecule has 0 amide bonds. The topological polar surface area (TPSA) is 6.48 Å². The number of hydrogen-bond acceptors (Lipinski definition) is 2. The van der Waals surface area contributed by atoms with Crippen molar-refractivity contribution in [1.29, 1.82) is 0 Å². The van der Waals surface area contributed by atoms with Gasteiger partial charge in [-0.25, -0.2) is 0 Å². The molecule has 116 valence electrons. The van der Waals surface area contributed by atoms with Crippen molar-refractivity contribution in [2.24, 2.45) is 10.8 Å². The Labute approximate surface area is 126 Å². The van der Waals surface area contributed by atoms with E-state index in [9.17, 15) is 0 Å². The highest BCUT2D eigenvalue weighted by atomic mass is 15.3. The van der Waals surface area contributed by atoms with Crippen LogP contribution in [0.25, 0.3) is 0 Å². The first kappa shape index (κ1) is 17.5. The van der Waals surface area contributed by atoms with E-state index in [-0.39, 0.29) is 0 Å². The van der Waals surface area contributed by atoms with Gasteiger partial charge in [0.1, 0.15) is 0 Å². The summed E-state index contributed by atoms with van der Waals surface area (Å²) in [7, 11) is 0. The van der Waals surface area contributed by atoms with Crippen molar-refractivity contribution in [2.45, 2.75) is 54.4 Å². The highest BCUT2D eigenvalue weighted by Crippen LogP contribution is 2.19. The van der Waals surface area contributed by atoms with Crippen molar-refractivity contribution in [3.63, 3.8) is 0 Å². The number of rotatable bonds is 3. The summed E-state index contributed by atoms with van der Waals surface area (Å²) in [5, 5.41) is 0. The van der Waals surface area contributed by atoms with E-state index in [0.717, 1.165) is 13.0 Å². The SMILES string of the molecule is CC(C)(C)CC#CCN1CCN(CCC(C)(C)C)CC1. The smallest absolute Gasteiger partial charge is 0.0602 e. The first-order valence-corrected chi connectivity index (χ1v) is 8.06. The van der Waals surface area contributed by atoms with Gasteiger partial charge in [-0.2, -0.15) is 0 Å². The molecule has 0 unspecified atom stereocenters. The Kier molecular flexibility index (Phi) is 6.55. The fourth-order valence-corrected chi connectivity index (χ4v) is 2.16. The van der Waals surface area contributed by atoms with Crippen LogP contribution in [0.1, 0.15) is 54.4 Å². The predicted molar refractivity (Wildman–Crippen MR) is 88.8 cm³/mol. The number of nitrogens with zero attached hydrogens (tertiary/aromatic N) is 2. The molecule has 1 heterocycles. The van der Waals surface area contributed by atoms with E-state index in [4.69, 9.17) is 0 Å². The molecule has 0 spiro atoms. The van der Waals surface area contributed by atoms with Crippen LogP contribution in [-0.2, 0) is 0 Å². The molecule has 0 aliphatic carbocycles. The standard InChI is InChI=1S/C18H34N2/c1-17(2,3)9-7-8-11-19-13-15-20(16-14-19)12-10-18(4,5)6/h9-16H2,1-6H3. The monoisotopic (exact) mass is 278 g/mol. The lowest BCUT2D eigenvalue weighted by molar-refractivity contribution is 0.131. The Hall–Kier alpha value is -0.520. The van der Waals surface area contributed by atoms with Crippen LogP contribution >= 0.6 is 0 Å². The summed E-state index contributed by atoms with van der Waals surface area (Å²) < 4.78 is 0. The zero-order valence-electron chi connectivity index (χ0n) is 14.6. The van der Waals surface area contributed by atoms with Crippen LogP contribution in [0.2, 0.25) is 0 Å². The van der Waals surface area contributed by atoms with Crippen LogP contribution in [0.4, 0.5) is 0 Å². The molecule has 0 atom stereocenters. The minimum atomic E-state index is 0.332. The third-order valence-corrected chi connectivity index (χ3v) is 3.69. The van der Waals surface area contributed by atoms with Gasteiger partial charge in [0.05, 0.1) is 6.54 Å². The second-order valence-corrected chi connectivity index (χ2v) is 8.52. The van der Waals surface area contributed by atoms with Crippen molar-refractivity contribution in [3.8, 4) is 11.8 Å². The summed E-state index contributed by atoms with van der Waals surface area (Å²) in [6.07, 6.45) is 2.29. The summed E-state index contributed by atoms with van der Waals surface area (Å²) >= 11 is 0. The Balaban J connectivity index is 2.19. The van der Waals surface area contributed by atoms with Crippen LogP contribution in [0.5, 0.6) is 0 Å². The molecule has 0 N–H and O–H groups in total. The van der Waals surface area contributed by atoms with Gasteiger partial charge >= 0.3 is 0 Å². The van der Waals surface area contributed by atoms with E-state index in [1.807, 2.05) is 0 Å². The minimum absolute atomic E-state index is 0.332. The fourth-order valence-electron chi connectivity index (χ4n) is 2.16. The molecule has 0 radical (unpaired) electrons. The number of hydrogen-bond donors (Lipinski definition) is 0. The van der Waals surface area contributed by atoms with Gasteiger partial charge in [-0.15, -0.1) is 5.92 Å². The molecule has 2 nitrogen and oxygen atoms in total. The lowest BCUT2D eigenvalue weighted by Gasteiger charge is -2.35. The van der Waals surface area contributed by atoms with Gasteiger partial charge in [0.2, 0.25) is 0 Å². The second kappa shape index (κ2) is 7.48. The van der Waals surface area contributed by atoms with Crippen LogP contribution < -0.4 is 0 Å². The highest BCUT2D eigenvalue weighted by Gasteiger charge is 2.18. The molecule has 0 aromatic rings. The van der Waals surface area contributed by atoms with E-state index in [1.165, 1.54) is 39.1 Å². The fraction of sp³-hybridized carbons (Fsp3) is 0.889. The summed E-state index contributed by atoms with van der Waals surface area (Å²) in [4.78, 5) is 5.09. The van der Waals surface area contributed by atoms with Crippen molar-refractivity contribution < 1.29 is 0 Å². The molecule has 20 heavy (non-hydrogen) atoms. The summed E-state index contributed by atoms with van der Waals surface area (Å²) in [5.41, 5.74) is 0.786. The third kappa shape index (κ3) is 8.61. The van der Waals surface area contributed by atoms with Gasteiger partial charge in [0.15, 0.2) is 0 Å². The zero-order chi connectivity index (χ0) is 15.2. The molecule has 0 bridgehead atoms. The lowest BCUT2D eigenvalue weighted by atomic mass is 9.92. The molecular formula is C18H34N2. The Bertz CT molecular complexity index is 327. The van der Waals surface area contributed by atoms with Crippen LogP contribution in [0, 0.1) is 22.7 Å². The first-order valence-electron chi connectivity index (χ1n) is 8.06. The highest BCUT2D eigenvalue weighted by molar-refractivity contribution is 5.03. The van der Waals surface area contributed by atoms with Gasteiger partial charge < -0.3 is 4.90 Å². The number of piperazine rings is 1. The molecule has 0 aromatic carbocycles. The maximum absolute atomic E-state index is 3.34. The molecule has 1 fully saturated rings. The van der Waals surface area contributed by atoms with E-state index >= 15 is 0 Å². The van der Waals surface area contributed by atoms with Crippen LogP contribution in [0.15, 0.2) is 0 Å². The van der Waals surface area contributed by atoms with Gasteiger partial charge in [0, 0.05) is 32.6 Å². The molecule has 1 saturated heterocycles. The molecule has 0 aromatic heterocycles. The Morgan fingerprint density at radius 3 is 1.80 bits per heavy atom. The molecule has 1 aliphatic rings. The average Bonchev–Trinajstić information content (AvgIpc) is 2.31. The zero-order valence-corrected chi connectivity index (χ0v) is 14.6. The molecule has 1 aliphatic heterocycles. The molecule has 1 rings (SSSR count). The molecule has 2 heteroatoms. The third-order valence-electron chi connectivity index (χ3n) is 3.69. The van der Waals surface area contributed by atoms with Gasteiger partial charge in [-0.3, -0.25) is 4.90 Å². The maximum Gasteiger partial charge on any atom is 0.0602 e. The normalized spacial score (nSPS) is 18.7. The predicted octanol–water partition coefficient (Wildman–Crippen LogP) is 3.48. The van der Waals surface area contributed by atoms with Crippen molar-refractivity contribution in [3.05, 3.63) is 0 Å². The van der Waals surface area contributed by atoms with Gasteiger partial charge in [-0.1, -0.05) is 47.5 Å². The summed E-state index contributed by atoms with van der Waals surface area (Å²) in [6.45, 7) is 20.7. The van der Waals surface area contributed by atoms with Gasteiger partial charge in [0.25, 0.3) is 0 Å². The van der Waals surface area contributed by atoms with Crippen LogP contribution in [-0.4, -0.2) is 49.1 Å². The summed E-state index contributed by atoms with van der Waals surface area (Å²) in [6, 6.07) is 0. The van der Waals surface area contributed by atoms with E-state index in [1.54, 1.807) is 0 Å². The second-order valence-electron chi connectivity index (χ2n) is 8.52. The van der Waals surface area contributed by atoms with Crippen LogP contribution in [0.3, 0.4) is 0 Å². The Morgan fingerprint density at radius 2 is 1.30 bits per heavy atom.